The average Bonchev–Trinajstić information content (AvgIpc) is 3.72. The molecule has 2 fully saturated rings. The molecule has 9 nitrogen and oxygen atoms in total. The van der Waals surface area contributed by atoms with Crippen molar-refractivity contribution in [3.63, 3.8) is 0 Å². The lowest BCUT2D eigenvalue weighted by Crippen LogP contribution is -2.47. The van der Waals surface area contributed by atoms with Crippen molar-refractivity contribution < 1.29 is 4.39 Å². The third-order valence-corrected chi connectivity index (χ3v) is 8.00. The highest BCUT2D eigenvalue weighted by molar-refractivity contribution is 5.68. The Morgan fingerprint density at radius 3 is 2.77 bits per heavy atom. The Bertz CT molecular complexity index is 1590. The Balaban J connectivity index is 1.08. The van der Waals surface area contributed by atoms with Crippen LogP contribution in [0.1, 0.15) is 32.1 Å². The summed E-state index contributed by atoms with van der Waals surface area (Å²) in [6.07, 6.45) is 14.1. The van der Waals surface area contributed by atoms with Gasteiger partial charge >= 0.3 is 0 Å². The summed E-state index contributed by atoms with van der Waals surface area (Å²) in [6, 6.07) is 7.11. The van der Waals surface area contributed by atoms with E-state index in [1.807, 2.05) is 18.2 Å². The largest absolute Gasteiger partial charge is 0.368 e. The van der Waals surface area contributed by atoms with Crippen molar-refractivity contribution in [2.75, 3.05) is 48.7 Å². The van der Waals surface area contributed by atoms with E-state index < -0.39 is 0 Å². The number of anilines is 4. The molecular weight excluding hydrogens is 493 g/mol. The first-order valence-corrected chi connectivity index (χ1v) is 13.8. The maximum Gasteiger partial charge on any atom is 0.248 e. The minimum atomic E-state index is -0.265. The second-order valence-electron chi connectivity index (χ2n) is 10.8. The third-order valence-electron chi connectivity index (χ3n) is 8.00. The molecule has 0 amide bonds. The Hall–Kier alpha value is -4.05. The van der Waals surface area contributed by atoms with E-state index in [-0.39, 0.29) is 17.7 Å². The van der Waals surface area contributed by atoms with E-state index in [1.165, 1.54) is 41.3 Å². The van der Waals surface area contributed by atoms with Crippen LogP contribution in [0.5, 0.6) is 0 Å². The van der Waals surface area contributed by atoms with Gasteiger partial charge in [0.1, 0.15) is 5.82 Å². The molecule has 1 aromatic carbocycles. The lowest BCUT2D eigenvalue weighted by Gasteiger charge is -2.36. The minimum Gasteiger partial charge on any atom is -0.368 e. The smallest absolute Gasteiger partial charge is 0.248 e. The Labute approximate surface area is 226 Å². The van der Waals surface area contributed by atoms with Crippen LogP contribution in [0.2, 0.25) is 0 Å². The quantitative estimate of drug-likeness (QED) is 0.507. The number of allylic oxidation sites excluding steroid dienone is 4. The summed E-state index contributed by atoms with van der Waals surface area (Å²) in [6.45, 7) is 4.83. The molecule has 0 spiro atoms. The van der Waals surface area contributed by atoms with Gasteiger partial charge in [-0.3, -0.25) is 4.90 Å². The lowest BCUT2D eigenvalue weighted by atomic mass is 9.95. The molecule has 2 aromatic heterocycles. The summed E-state index contributed by atoms with van der Waals surface area (Å²) >= 11 is 0. The molecule has 3 aromatic rings. The van der Waals surface area contributed by atoms with E-state index in [2.05, 4.69) is 59.7 Å². The molecule has 1 aliphatic heterocycles. The molecule has 0 atom stereocenters. The van der Waals surface area contributed by atoms with E-state index in [0.29, 0.717) is 17.2 Å². The molecule has 7 rings (SSSR count). The fraction of sp³-hybridized carbons (Fsp3) is 0.379. The van der Waals surface area contributed by atoms with Gasteiger partial charge in [-0.2, -0.15) is 9.67 Å². The van der Waals surface area contributed by atoms with Crippen LogP contribution in [0.25, 0.3) is 17.5 Å². The topological polar surface area (TPSA) is 101 Å². The molecule has 3 N–H and O–H groups in total. The predicted octanol–water partition coefficient (Wildman–Crippen LogP) is 2.67. The second-order valence-corrected chi connectivity index (χ2v) is 10.8. The number of rotatable bonds is 6. The van der Waals surface area contributed by atoms with Crippen molar-refractivity contribution in [3.8, 4) is 5.82 Å². The fourth-order valence-corrected chi connectivity index (χ4v) is 5.71. The number of benzene rings is 1. The Kier molecular flexibility index (Phi) is 6.11. The van der Waals surface area contributed by atoms with Crippen molar-refractivity contribution >= 4 is 34.9 Å². The first-order valence-electron chi connectivity index (χ1n) is 13.8. The van der Waals surface area contributed by atoms with Crippen LogP contribution in [0.15, 0.2) is 48.1 Å². The SMILES string of the molecule is Nc1nc(Nc2ccc(N3CCN(CC4CC4)CC3)c(F)c2)nn1-c1cc2c(nn1)=C1CC=CC=C1CCC=2. The van der Waals surface area contributed by atoms with Gasteiger partial charge in [-0.1, -0.05) is 24.3 Å². The molecule has 0 unspecified atom stereocenters. The first kappa shape index (κ1) is 24.0. The van der Waals surface area contributed by atoms with Gasteiger partial charge < -0.3 is 16.0 Å². The van der Waals surface area contributed by atoms with Gasteiger partial charge in [0.05, 0.1) is 11.0 Å². The zero-order valence-electron chi connectivity index (χ0n) is 21.9. The zero-order chi connectivity index (χ0) is 26.3. The van der Waals surface area contributed by atoms with Crippen LogP contribution in [0.4, 0.5) is 27.7 Å². The number of aromatic nitrogens is 5. The highest BCUT2D eigenvalue weighted by Crippen LogP contribution is 2.31. The monoisotopic (exact) mass is 525 g/mol. The summed E-state index contributed by atoms with van der Waals surface area (Å²) in [5.74, 6) is 1.55. The van der Waals surface area contributed by atoms with E-state index >= 15 is 4.39 Å². The summed E-state index contributed by atoms with van der Waals surface area (Å²) in [7, 11) is 0. The van der Waals surface area contributed by atoms with Gasteiger partial charge in [-0.25, -0.2) is 4.39 Å². The number of fused-ring (bicyclic) bond motifs is 2. The van der Waals surface area contributed by atoms with Crippen molar-refractivity contribution in [1.29, 1.82) is 0 Å². The van der Waals surface area contributed by atoms with Crippen molar-refractivity contribution in [2.45, 2.75) is 32.1 Å². The molecule has 0 radical (unpaired) electrons. The number of nitrogen functional groups attached to an aromatic ring is 1. The summed E-state index contributed by atoms with van der Waals surface area (Å²) in [5.41, 5.74) is 9.93. The second kappa shape index (κ2) is 9.92. The average molecular weight is 526 g/mol. The number of nitrogens with one attached hydrogen (secondary N) is 1. The fourth-order valence-electron chi connectivity index (χ4n) is 5.71. The normalized spacial score (nSPS) is 19.2. The van der Waals surface area contributed by atoms with Crippen LogP contribution < -0.4 is 26.5 Å². The van der Waals surface area contributed by atoms with Gasteiger partial charge in [0.2, 0.25) is 11.9 Å². The van der Waals surface area contributed by atoms with E-state index in [9.17, 15) is 0 Å². The maximum atomic E-state index is 15.1. The van der Waals surface area contributed by atoms with Crippen molar-refractivity contribution in [1.82, 2.24) is 29.9 Å². The van der Waals surface area contributed by atoms with Gasteiger partial charge in [0.15, 0.2) is 5.82 Å². The molecule has 200 valence electrons. The molecule has 0 bridgehead atoms. The van der Waals surface area contributed by atoms with Crippen LogP contribution in [0.3, 0.4) is 0 Å². The molecule has 39 heavy (non-hydrogen) atoms. The summed E-state index contributed by atoms with van der Waals surface area (Å²) < 4.78 is 16.6. The van der Waals surface area contributed by atoms with Crippen LogP contribution in [-0.4, -0.2) is 62.6 Å². The predicted molar refractivity (Wildman–Crippen MR) is 151 cm³/mol. The van der Waals surface area contributed by atoms with E-state index in [0.717, 1.165) is 61.9 Å². The molecule has 10 heteroatoms. The number of hydrogen-bond donors (Lipinski definition) is 2. The van der Waals surface area contributed by atoms with Crippen LogP contribution >= 0.6 is 0 Å². The molecule has 4 aliphatic rings. The van der Waals surface area contributed by atoms with Crippen LogP contribution in [-0.2, 0) is 0 Å². The molecule has 1 saturated carbocycles. The standard InChI is InChI=1S/C29H32FN9/c30-24-17-22(10-11-25(24)38-14-12-37(13-15-38)18-19-8-9-19)32-29-33-28(31)39(36-29)26-16-21-6-3-5-20-4-1-2-7-23(20)27(21)35-34-26/h1-2,4,6,10-11,16-17,19H,3,5,7-9,12-15,18H2,(H3,31,32,33,36). The lowest BCUT2D eigenvalue weighted by molar-refractivity contribution is 0.247. The van der Waals surface area contributed by atoms with Gasteiger partial charge in [0.25, 0.3) is 0 Å². The number of halogens is 1. The van der Waals surface area contributed by atoms with Gasteiger partial charge in [0, 0.05) is 43.6 Å². The number of nitrogens with zero attached hydrogens (tertiary/aromatic N) is 7. The van der Waals surface area contributed by atoms with Crippen molar-refractivity contribution in [3.05, 3.63) is 64.5 Å². The van der Waals surface area contributed by atoms with E-state index in [4.69, 9.17) is 5.73 Å². The minimum absolute atomic E-state index is 0.176. The first-order chi connectivity index (χ1) is 19.1. The van der Waals surface area contributed by atoms with Crippen molar-refractivity contribution in [2.24, 2.45) is 5.92 Å². The van der Waals surface area contributed by atoms with E-state index in [1.54, 1.807) is 0 Å². The molecule has 3 aliphatic carbocycles. The zero-order valence-corrected chi connectivity index (χ0v) is 21.9. The van der Waals surface area contributed by atoms with Gasteiger partial charge in [-0.15, -0.1) is 15.3 Å². The maximum absolute atomic E-state index is 15.1. The number of piperazine rings is 1. The molecule has 1 saturated heterocycles. The van der Waals surface area contributed by atoms with Crippen LogP contribution in [0, 0.1) is 11.7 Å². The Morgan fingerprint density at radius 2 is 1.95 bits per heavy atom. The third kappa shape index (κ3) is 4.92. The molecular formula is C29H32FN9. The Morgan fingerprint density at radius 1 is 1.08 bits per heavy atom. The highest BCUT2D eigenvalue weighted by atomic mass is 19.1. The number of hydrogen-bond acceptors (Lipinski definition) is 8. The summed E-state index contributed by atoms with van der Waals surface area (Å²) in [4.78, 5) is 8.96. The van der Waals surface area contributed by atoms with Gasteiger partial charge in [-0.05, 0) is 73.4 Å². The highest BCUT2D eigenvalue weighted by Gasteiger charge is 2.27. The summed E-state index contributed by atoms with van der Waals surface area (Å²) in [5, 5.41) is 18.5. The number of nitrogens with two attached hydrogens (primary N) is 1. The molecule has 3 heterocycles.